The Morgan fingerprint density at radius 1 is 1.27 bits per heavy atom. The summed E-state index contributed by atoms with van der Waals surface area (Å²) in [4.78, 5) is 12.9. The van der Waals surface area contributed by atoms with E-state index in [0.29, 0.717) is 0 Å². The summed E-state index contributed by atoms with van der Waals surface area (Å²) in [6, 6.07) is 7.24. The predicted molar refractivity (Wildman–Crippen MR) is 98.8 cm³/mol. The van der Waals surface area contributed by atoms with Crippen LogP contribution >= 0.6 is 11.3 Å². The van der Waals surface area contributed by atoms with Crippen molar-refractivity contribution in [1.29, 1.82) is 0 Å². The third-order valence-electron chi connectivity index (χ3n) is 3.51. The molecule has 1 aromatic carbocycles. The van der Waals surface area contributed by atoms with Crippen LogP contribution in [0.1, 0.15) is 18.5 Å². The normalized spacial score (nSPS) is 12.8. The van der Waals surface area contributed by atoms with Gasteiger partial charge in [-0.1, -0.05) is 23.5 Å². The number of carbonyl (C=O) groups excluding carboxylic acids is 1. The molecule has 2 rings (SSSR count). The lowest BCUT2D eigenvalue weighted by molar-refractivity contribution is -0.114. The number of nitrogens with zero attached hydrogens (tertiary/aromatic N) is 3. The molecule has 0 saturated heterocycles. The third-order valence-corrected chi connectivity index (χ3v) is 6.14. The predicted octanol–water partition coefficient (Wildman–Crippen LogP) is 1.09. The number of aromatic nitrogens is 2. The summed E-state index contributed by atoms with van der Waals surface area (Å²) in [5, 5.41) is 9.83. The first-order valence-corrected chi connectivity index (χ1v) is 9.94. The Morgan fingerprint density at radius 3 is 2.46 bits per heavy atom. The minimum Gasteiger partial charge on any atom is -0.497 e. The van der Waals surface area contributed by atoms with Gasteiger partial charge >= 0.3 is 0 Å². The van der Waals surface area contributed by atoms with Crippen LogP contribution in [0.15, 0.2) is 28.6 Å². The van der Waals surface area contributed by atoms with E-state index in [-0.39, 0.29) is 28.0 Å². The molecule has 0 spiro atoms. The highest BCUT2D eigenvalue weighted by molar-refractivity contribution is 7.91. The molecule has 0 radical (unpaired) electrons. The molecule has 2 N–H and O–H groups in total. The molecular formula is C15H21N5O4S2. The Labute approximate surface area is 156 Å². The monoisotopic (exact) mass is 399 g/mol. The Hall–Kier alpha value is -2.08. The van der Waals surface area contributed by atoms with Crippen molar-refractivity contribution >= 4 is 32.4 Å². The highest BCUT2D eigenvalue weighted by Gasteiger charge is 2.23. The van der Waals surface area contributed by atoms with E-state index in [2.05, 4.69) is 20.2 Å². The van der Waals surface area contributed by atoms with Crippen LogP contribution in [0, 0.1) is 0 Å². The zero-order valence-electron chi connectivity index (χ0n) is 14.9. The molecule has 0 saturated carbocycles. The Kier molecular flexibility index (Phi) is 6.64. The number of nitrogens with one attached hydrogen (secondary N) is 2. The summed E-state index contributed by atoms with van der Waals surface area (Å²) < 4.78 is 32.4. The van der Waals surface area contributed by atoms with Gasteiger partial charge in [0.2, 0.25) is 15.4 Å². The maximum atomic E-state index is 12.4. The van der Waals surface area contributed by atoms with E-state index >= 15 is 0 Å². The molecular weight excluding hydrogens is 378 g/mol. The number of rotatable bonds is 8. The van der Waals surface area contributed by atoms with Crippen molar-refractivity contribution in [3.8, 4) is 5.75 Å². The lowest BCUT2D eigenvalue weighted by atomic mass is 10.1. The maximum Gasteiger partial charge on any atom is 0.269 e. The summed E-state index contributed by atoms with van der Waals surface area (Å²) in [7, 11) is 1.48. The van der Waals surface area contributed by atoms with Gasteiger partial charge in [0, 0.05) is 19.5 Å². The van der Waals surface area contributed by atoms with Crippen molar-refractivity contribution in [3.05, 3.63) is 29.8 Å². The smallest absolute Gasteiger partial charge is 0.269 e. The molecule has 26 heavy (non-hydrogen) atoms. The van der Waals surface area contributed by atoms with Crippen LogP contribution in [0.5, 0.6) is 5.75 Å². The number of carbonyl (C=O) groups is 1. The quantitative estimate of drug-likeness (QED) is 0.639. The van der Waals surface area contributed by atoms with Gasteiger partial charge < -0.3 is 15.0 Å². The van der Waals surface area contributed by atoms with Crippen molar-refractivity contribution in [3.63, 3.8) is 0 Å². The summed E-state index contributed by atoms with van der Waals surface area (Å²) in [6.07, 6.45) is 0. The van der Waals surface area contributed by atoms with E-state index in [1.165, 1.54) is 6.92 Å². The standard InChI is InChI=1S/C15H21N5O4S2/c1-10(21)17-14-18-19-15(25-14)26(22,23)16-9-13(20(2)3)11-5-7-12(24-4)8-6-11/h5-8,13,16H,9H2,1-4H3,(H,17,18,21). The van der Waals surface area contributed by atoms with Crippen molar-refractivity contribution in [2.45, 2.75) is 17.3 Å². The molecule has 0 bridgehead atoms. The fraction of sp³-hybridized carbons (Fsp3) is 0.400. The zero-order valence-corrected chi connectivity index (χ0v) is 16.5. The lowest BCUT2D eigenvalue weighted by Gasteiger charge is -2.25. The number of likely N-dealkylation sites (N-methyl/N-ethyl adjacent to an activating group) is 1. The molecule has 1 aromatic heterocycles. The van der Waals surface area contributed by atoms with E-state index in [4.69, 9.17) is 4.74 Å². The molecule has 0 fully saturated rings. The topological polar surface area (TPSA) is 114 Å². The van der Waals surface area contributed by atoms with Crippen LogP contribution in [-0.2, 0) is 14.8 Å². The second-order valence-electron chi connectivity index (χ2n) is 5.66. The van der Waals surface area contributed by atoms with Gasteiger partial charge in [0.1, 0.15) is 5.75 Å². The van der Waals surface area contributed by atoms with Crippen LogP contribution in [0.3, 0.4) is 0 Å². The Bertz CT molecular complexity index is 849. The van der Waals surface area contributed by atoms with E-state index in [9.17, 15) is 13.2 Å². The van der Waals surface area contributed by atoms with Gasteiger partial charge in [-0.25, -0.2) is 13.1 Å². The maximum absolute atomic E-state index is 12.4. The van der Waals surface area contributed by atoms with Gasteiger partial charge in [0.15, 0.2) is 0 Å². The van der Waals surface area contributed by atoms with Gasteiger partial charge in [-0.3, -0.25) is 4.79 Å². The number of anilines is 1. The second-order valence-corrected chi connectivity index (χ2v) is 8.58. The van der Waals surface area contributed by atoms with E-state index in [1.54, 1.807) is 7.11 Å². The van der Waals surface area contributed by atoms with Crippen LogP contribution in [0.2, 0.25) is 0 Å². The molecule has 142 valence electrons. The van der Waals surface area contributed by atoms with Gasteiger partial charge in [-0.2, -0.15) is 0 Å². The lowest BCUT2D eigenvalue weighted by Crippen LogP contribution is -2.34. The van der Waals surface area contributed by atoms with Crippen molar-refractivity contribution in [1.82, 2.24) is 19.8 Å². The average Bonchev–Trinajstić information content (AvgIpc) is 3.04. The number of sulfonamides is 1. The number of hydrogen-bond donors (Lipinski definition) is 2. The molecule has 1 unspecified atom stereocenters. The summed E-state index contributed by atoms with van der Waals surface area (Å²) in [5.74, 6) is 0.386. The third kappa shape index (κ3) is 5.21. The SMILES string of the molecule is COc1ccc(C(CNS(=O)(=O)c2nnc(NC(C)=O)s2)N(C)C)cc1. The van der Waals surface area contributed by atoms with Gasteiger partial charge in [-0.05, 0) is 31.8 Å². The number of hydrogen-bond acceptors (Lipinski definition) is 8. The fourth-order valence-electron chi connectivity index (χ4n) is 2.19. The zero-order chi connectivity index (χ0) is 19.3. The van der Waals surface area contributed by atoms with Gasteiger partial charge in [0.05, 0.1) is 7.11 Å². The molecule has 2 aromatic rings. The molecule has 0 aliphatic carbocycles. The van der Waals surface area contributed by atoms with Gasteiger partial charge in [-0.15, -0.1) is 10.2 Å². The molecule has 1 atom stereocenters. The van der Waals surface area contributed by atoms with Crippen molar-refractivity contribution < 1.29 is 17.9 Å². The van der Waals surface area contributed by atoms with Crippen molar-refractivity contribution in [2.75, 3.05) is 33.1 Å². The summed E-state index contributed by atoms with van der Waals surface area (Å²) >= 11 is 0.794. The van der Waals surface area contributed by atoms with Gasteiger partial charge in [0.25, 0.3) is 10.0 Å². The molecule has 9 nitrogen and oxygen atoms in total. The molecule has 11 heteroatoms. The minimum atomic E-state index is -3.83. The summed E-state index contributed by atoms with van der Waals surface area (Å²) in [5.41, 5.74) is 0.940. The van der Waals surface area contributed by atoms with Crippen LogP contribution in [0.4, 0.5) is 5.13 Å². The van der Waals surface area contributed by atoms with E-state index in [1.807, 2.05) is 43.3 Å². The highest BCUT2D eigenvalue weighted by atomic mass is 32.2. The van der Waals surface area contributed by atoms with E-state index in [0.717, 1.165) is 22.6 Å². The molecule has 0 aliphatic heterocycles. The fourth-order valence-corrected chi connectivity index (χ4v) is 4.22. The van der Waals surface area contributed by atoms with Crippen LogP contribution < -0.4 is 14.8 Å². The largest absolute Gasteiger partial charge is 0.497 e. The average molecular weight is 399 g/mol. The Morgan fingerprint density at radius 2 is 1.92 bits per heavy atom. The van der Waals surface area contributed by atoms with Crippen LogP contribution in [0.25, 0.3) is 0 Å². The number of benzene rings is 1. The second kappa shape index (κ2) is 8.54. The molecule has 1 amide bonds. The highest BCUT2D eigenvalue weighted by Crippen LogP contribution is 2.23. The molecule has 1 heterocycles. The minimum absolute atomic E-state index is 0.136. The van der Waals surface area contributed by atoms with E-state index < -0.39 is 10.0 Å². The number of methoxy groups -OCH3 is 1. The first-order valence-electron chi connectivity index (χ1n) is 7.64. The summed E-state index contributed by atoms with van der Waals surface area (Å²) in [6.45, 7) is 1.46. The Balaban J connectivity index is 2.11. The number of ether oxygens (including phenoxy) is 1. The molecule has 0 aliphatic rings. The van der Waals surface area contributed by atoms with Crippen molar-refractivity contribution in [2.24, 2.45) is 0 Å². The van der Waals surface area contributed by atoms with Crippen LogP contribution in [-0.4, -0.2) is 57.2 Å². The first kappa shape index (κ1) is 20.2. The number of amides is 1. The first-order chi connectivity index (χ1) is 12.2.